The van der Waals surface area contributed by atoms with E-state index < -0.39 is 0 Å². The molecular weight excluding hydrogens is 396 g/mol. The van der Waals surface area contributed by atoms with Gasteiger partial charge in [-0.15, -0.1) is 0 Å². The zero-order valence-corrected chi connectivity index (χ0v) is 18.8. The molecule has 7 heteroatoms. The van der Waals surface area contributed by atoms with Crippen molar-refractivity contribution in [3.8, 4) is 11.5 Å². The lowest BCUT2D eigenvalue weighted by Gasteiger charge is -2.16. The van der Waals surface area contributed by atoms with E-state index in [0.717, 1.165) is 34.9 Å². The van der Waals surface area contributed by atoms with Crippen molar-refractivity contribution in [1.29, 1.82) is 0 Å². The second-order valence-electron chi connectivity index (χ2n) is 7.50. The summed E-state index contributed by atoms with van der Waals surface area (Å²) in [7, 11) is 3.39. The number of methoxy groups -OCH3 is 2. The summed E-state index contributed by atoms with van der Waals surface area (Å²) in [4.78, 5) is 1.61. The number of rotatable bonds is 8. The van der Waals surface area contributed by atoms with Crippen LogP contribution < -0.4 is 25.1 Å². The normalized spacial score (nSPS) is 14.4. The lowest BCUT2D eigenvalue weighted by molar-refractivity contribution is -0.901. The third-order valence-electron chi connectivity index (χ3n) is 5.39. The number of thiocarbonyl (C=S) groups is 1. The maximum absolute atomic E-state index is 5.57. The maximum atomic E-state index is 5.57. The lowest BCUT2D eigenvalue weighted by atomic mass is 10.1. The molecule has 30 heavy (non-hydrogen) atoms. The first-order valence-corrected chi connectivity index (χ1v) is 10.7. The van der Waals surface area contributed by atoms with Crippen molar-refractivity contribution in [2.75, 3.05) is 27.3 Å². The van der Waals surface area contributed by atoms with Crippen LogP contribution in [0.2, 0.25) is 0 Å². The number of hydrogen-bond acceptors (Lipinski definition) is 4. The van der Waals surface area contributed by atoms with Gasteiger partial charge in [-0.1, -0.05) is 12.1 Å². The van der Waals surface area contributed by atoms with Crippen LogP contribution in [0.25, 0.3) is 0 Å². The number of quaternary nitrogens is 1. The zero-order valence-electron chi connectivity index (χ0n) is 18.0. The van der Waals surface area contributed by atoms with E-state index in [9.17, 15) is 0 Å². The van der Waals surface area contributed by atoms with Crippen LogP contribution in [0, 0.1) is 0 Å². The van der Waals surface area contributed by atoms with Gasteiger partial charge >= 0.3 is 0 Å². The van der Waals surface area contributed by atoms with Gasteiger partial charge in [0, 0.05) is 24.9 Å². The van der Waals surface area contributed by atoms with Gasteiger partial charge in [0.25, 0.3) is 0 Å². The molecule has 0 saturated carbocycles. The van der Waals surface area contributed by atoms with Gasteiger partial charge in [0.05, 0.1) is 33.0 Å². The summed E-state index contributed by atoms with van der Waals surface area (Å²) < 4.78 is 10.7. The van der Waals surface area contributed by atoms with E-state index in [2.05, 4.69) is 21.9 Å². The van der Waals surface area contributed by atoms with Gasteiger partial charge in [-0.25, -0.2) is 0 Å². The SMILES string of the molecule is COc1ccc(CNC(=S)N/N=C(/C)c2ccc(OC)c(C[NH+]3CCCC3)c2)cc1. The smallest absolute Gasteiger partial charge is 0.187 e. The third kappa shape index (κ3) is 6.18. The second-order valence-corrected chi connectivity index (χ2v) is 7.91. The highest BCUT2D eigenvalue weighted by atomic mass is 32.1. The van der Waals surface area contributed by atoms with E-state index in [1.165, 1.54) is 31.5 Å². The summed E-state index contributed by atoms with van der Waals surface area (Å²) in [6.07, 6.45) is 2.62. The molecule has 0 unspecified atom stereocenters. The number of hydrogen-bond donors (Lipinski definition) is 3. The van der Waals surface area contributed by atoms with Crippen molar-refractivity contribution >= 4 is 23.0 Å². The summed E-state index contributed by atoms with van der Waals surface area (Å²) in [5.41, 5.74) is 7.22. The third-order valence-corrected chi connectivity index (χ3v) is 5.62. The first-order chi connectivity index (χ1) is 14.6. The fourth-order valence-corrected chi connectivity index (χ4v) is 3.75. The van der Waals surface area contributed by atoms with Gasteiger partial charge in [-0.3, -0.25) is 5.43 Å². The van der Waals surface area contributed by atoms with E-state index in [-0.39, 0.29) is 0 Å². The fourth-order valence-electron chi connectivity index (χ4n) is 3.63. The van der Waals surface area contributed by atoms with Gasteiger partial charge in [-0.2, -0.15) is 5.10 Å². The highest BCUT2D eigenvalue weighted by molar-refractivity contribution is 7.80. The molecule has 2 aromatic carbocycles. The number of likely N-dealkylation sites (tertiary alicyclic amines) is 1. The highest BCUT2D eigenvalue weighted by Gasteiger charge is 2.18. The largest absolute Gasteiger partial charge is 0.497 e. The Balaban J connectivity index is 1.57. The van der Waals surface area contributed by atoms with Gasteiger partial charge < -0.3 is 19.7 Å². The Morgan fingerprint density at radius 2 is 1.80 bits per heavy atom. The molecule has 1 aliphatic heterocycles. The lowest BCUT2D eigenvalue weighted by Crippen LogP contribution is -3.08. The Kier molecular flexibility index (Phi) is 8.04. The number of hydrazone groups is 1. The topological polar surface area (TPSA) is 59.3 Å². The molecule has 1 fully saturated rings. The van der Waals surface area contributed by atoms with E-state index in [4.69, 9.17) is 21.7 Å². The average Bonchev–Trinajstić information content (AvgIpc) is 3.29. The molecule has 0 atom stereocenters. The van der Waals surface area contributed by atoms with Crippen LogP contribution in [0.1, 0.15) is 36.5 Å². The molecule has 0 bridgehead atoms. The van der Waals surface area contributed by atoms with Gasteiger partial charge in [0.1, 0.15) is 18.0 Å². The minimum atomic E-state index is 0.486. The molecule has 160 valence electrons. The molecule has 1 heterocycles. The highest BCUT2D eigenvalue weighted by Crippen LogP contribution is 2.20. The molecule has 2 aromatic rings. The first kappa shape index (κ1) is 22.1. The Labute approximate surface area is 184 Å². The number of ether oxygens (including phenoxy) is 2. The van der Waals surface area contributed by atoms with Crippen LogP contribution in [0.15, 0.2) is 47.6 Å². The molecule has 6 nitrogen and oxygen atoms in total. The van der Waals surface area contributed by atoms with Crippen LogP contribution in [0.4, 0.5) is 0 Å². The average molecular weight is 428 g/mol. The Bertz CT molecular complexity index is 877. The molecule has 0 amide bonds. The van der Waals surface area contributed by atoms with Crippen molar-refractivity contribution < 1.29 is 14.4 Å². The van der Waals surface area contributed by atoms with E-state index in [0.29, 0.717) is 11.7 Å². The van der Waals surface area contributed by atoms with Crippen LogP contribution in [0.5, 0.6) is 11.5 Å². The maximum Gasteiger partial charge on any atom is 0.187 e. The summed E-state index contributed by atoms with van der Waals surface area (Å²) in [5.74, 6) is 1.78. The Morgan fingerprint density at radius 3 is 2.47 bits per heavy atom. The summed E-state index contributed by atoms with van der Waals surface area (Å²) in [6.45, 7) is 6.05. The van der Waals surface area contributed by atoms with Crippen LogP contribution in [0.3, 0.4) is 0 Å². The van der Waals surface area contributed by atoms with Crippen molar-refractivity contribution in [2.45, 2.75) is 32.9 Å². The minimum absolute atomic E-state index is 0.486. The fraction of sp³-hybridized carbons (Fsp3) is 0.391. The van der Waals surface area contributed by atoms with Crippen LogP contribution >= 0.6 is 12.2 Å². The molecule has 0 aliphatic carbocycles. The quantitative estimate of drug-likeness (QED) is 0.343. The standard InChI is InChI=1S/C23H30N4O2S/c1-17(25-26-23(30)24-15-18-6-9-21(28-2)10-7-18)19-8-11-22(29-3)20(14-19)16-27-12-4-5-13-27/h6-11,14H,4-5,12-13,15-16H2,1-3H3,(H2,24,26,30)/p+1/b25-17-. The Hall–Kier alpha value is -2.64. The molecule has 0 aromatic heterocycles. The van der Waals surface area contributed by atoms with Crippen LogP contribution in [-0.4, -0.2) is 38.1 Å². The van der Waals surface area contributed by atoms with Crippen LogP contribution in [-0.2, 0) is 13.1 Å². The monoisotopic (exact) mass is 427 g/mol. The van der Waals surface area contributed by atoms with Gasteiger partial charge in [0.2, 0.25) is 0 Å². The summed E-state index contributed by atoms with van der Waals surface area (Å²) >= 11 is 5.35. The Morgan fingerprint density at radius 1 is 1.07 bits per heavy atom. The summed E-state index contributed by atoms with van der Waals surface area (Å²) in [6, 6.07) is 14.1. The second kappa shape index (κ2) is 10.9. The van der Waals surface area contributed by atoms with Gasteiger partial charge in [0.15, 0.2) is 5.11 Å². The van der Waals surface area contributed by atoms with Crippen molar-refractivity contribution in [3.05, 3.63) is 59.2 Å². The van der Waals surface area contributed by atoms with E-state index in [1.807, 2.05) is 43.3 Å². The molecule has 3 N–H and O–H groups in total. The molecule has 0 radical (unpaired) electrons. The number of nitrogens with zero attached hydrogens (tertiary/aromatic N) is 1. The number of nitrogens with one attached hydrogen (secondary N) is 3. The van der Waals surface area contributed by atoms with E-state index >= 15 is 0 Å². The van der Waals surface area contributed by atoms with Crippen molar-refractivity contribution in [1.82, 2.24) is 10.7 Å². The molecule has 1 aliphatic rings. The first-order valence-electron chi connectivity index (χ1n) is 10.3. The molecule has 0 spiro atoms. The van der Waals surface area contributed by atoms with E-state index in [1.54, 1.807) is 19.1 Å². The minimum Gasteiger partial charge on any atom is -0.497 e. The van der Waals surface area contributed by atoms with Crippen molar-refractivity contribution in [3.63, 3.8) is 0 Å². The predicted molar refractivity (Wildman–Crippen MR) is 124 cm³/mol. The summed E-state index contributed by atoms with van der Waals surface area (Å²) in [5, 5.41) is 8.11. The predicted octanol–water partition coefficient (Wildman–Crippen LogP) is 2.27. The molecular formula is C23H31N4O2S+. The molecule has 3 rings (SSSR count). The number of benzene rings is 2. The molecule has 1 saturated heterocycles. The van der Waals surface area contributed by atoms with Gasteiger partial charge in [-0.05, 0) is 60.6 Å². The zero-order chi connectivity index (χ0) is 21.3. The van der Waals surface area contributed by atoms with Crippen molar-refractivity contribution in [2.24, 2.45) is 5.10 Å².